The average Bonchev–Trinajstić information content (AvgIpc) is 3.46. The van der Waals surface area contributed by atoms with E-state index in [0.717, 1.165) is 21.4 Å². The second-order valence-electron chi connectivity index (χ2n) is 6.86. The van der Waals surface area contributed by atoms with Crippen LogP contribution in [-0.4, -0.2) is 77.9 Å². The number of anilines is 1. The molecule has 0 aliphatic carbocycles. The highest BCUT2D eigenvalue weighted by Gasteiger charge is 2.54. The number of aryl methyl sites for hydroxylation is 1. The molecule has 2 aliphatic heterocycles. The molecule has 4 heterocycles. The molecule has 0 radical (unpaired) electrons. The Labute approximate surface area is 214 Å². The van der Waals surface area contributed by atoms with Crippen molar-refractivity contribution in [2.24, 2.45) is 5.16 Å². The summed E-state index contributed by atoms with van der Waals surface area (Å²) >= 11 is 6.98. The van der Waals surface area contributed by atoms with Gasteiger partial charge in [0, 0.05) is 27.2 Å². The smallest absolute Gasteiger partial charge is 0.353 e. The molecule has 5 N–H and O–H groups in total. The largest absolute Gasteiger partial charge is 0.477 e. The van der Waals surface area contributed by atoms with Gasteiger partial charge in [0.25, 0.3) is 11.8 Å². The molecular weight excluding hydrogens is 541 g/mol. The average molecular weight is 559 g/mol. The van der Waals surface area contributed by atoms with Crippen molar-refractivity contribution in [2.45, 2.75) is 22.2 Å². The predicted molar refractivity (Wildman–Crippen MR) is 135 cm³/mol. The van der Waals surface area contributed by atoms with Gasteiger partial charge in [0.05, 0.1) is 5.69 Å². The summed E-state index contributed by atoms with van der Waals surface area (Å²) in [6.07, 6.45) is 2.65. The molecule has 180 valence electrons. The molecule has 4 rings (SSSR count). The number of oxime groups is 1. The van der Waals surface area contributed by atoms with Gasteiger partial charge in [-0.15, -0.1) is 46.2 Å². The van der Waals surface area contributed by atoms with Crippen molar-refractivity contribution in [3.63, 3.8) is 0 Å². The van der Waals surface area contributed by atoms with E-state index >= 15 is 0 Å². The van der Waals surface area contributed by atoms with E-state index in [1.54, 1.807) is 23.1 Å². The van der Waals surface area contributed by atoms with Gasteiger partial charge in [0.2, 0.25) is 0 Å². The lowest BCUT2D eigenvalue weighted by Crippen LogP contribution is -2.71. The molecule has 0 unspecified atom stereocenters. The molecule has 1 fully saturated rings. The molecule has 2 atom stereocenters. The van der Waals surface area contributed by atoms with Crippen LogP contribution in [0.3, 0.4) is 0 Å². The Kier molecular flexibility index (Phi) is 7.71. The summed E-state index contributed by atoms with van der Waals surface area (Å²) in [5.41, 5.74) is 6.15. The molecule has 2 amide bonds. The minimum absolute atomic E-state index is 0.0596. The molecule has 0 saturated carbocycles. The van der Waals surface area contributed by atoms with Gasteiger partial charge in [0.15, 0.2) is 10.8 Å². The molecule has 34 heavy (non-hydrogen) atoms. The summed E-state index contributed by atoms with van der Waals surface area (Å²) in [6.45, 7) is 0. The number of nitrogen functional groups attached to an aromatic ring is 1. The van der Waals surface area contributed by atoms with Crippen molar-refractivity contribution in [3.8, 4) is 0 Å². The first-order valence-electron chi connectivity index (χ1n) is 9.60. The van der Waals surface area contributed by atoms with E-state index in [-0.39, 0.29) is 22.2 Å². The van der Waals surface area contributed by atoms with Gasteiger partial charge in [-0.25, -0.2) is 14.8 Å². The third kappa shape index (κ3) is 4.91. The number of aromatic nitrogens is 2. The number of amides is 2. The van der Waals surface area contributed by atoms with Crippen molar-refractivity contribution < 1.29 is 24.7 Å². The number of nitrogens with two attached hydrogens (primary N) is 1. The van der Waals surface area contributed by atoms with E-state index in [0.29, 0.717) is 22.8 Å². The number of carbonyl (C=O) groups is 3. The number of aliphatic carboxylic acids is 1. The van der Waals surface area contributed by atoms with Gasteiger partial charge in [-0.2, -0.15) is 0 Å². The minimum atomic E-state index is -1.19. The van der Waals surface area contributed by atoms with Crippen molar-refractivity contribution in [1.29, 1.82) is 0 Å². The minimum Gasteiger partial charge on any atom is -0.477 e. The first kappa shape index (κ1) is 24.8. The number of nitrogens with zero attached hydrogens (tertiary/aromatic N) is 4. The summed E-state index contributed by atoms with van der Waals surface area (Å²) in [4.78, 5) is 47.6. The van der Waals surface area contributed by atoms with E-state index in [1.807, 2.05) is 11.6 Å². The Hall–Kier alpha value is -2.27. The number of thioether (sulfide) groups is 3. The van der Waals surface area contributed by atoms with Gasteiger partial charge in [-0.3, -0.25) is 14.5 Å². The fraction of sp³-hybridized carbons (Fsp3) is 0.333. The van der Waals surface area contributed by atoms with Gasteiger partial charge < -0.3 is 21.4 Å². The van der Waals surface area contributed by atoms with E-state index in [9.17, 15) is 24.7 Å². The molecule has 16 heteroatoms. The SMILES string of the molecule is CSc1nc(CCSC2=C(C(=O)O)N3C(=O)[C@@H](NC(=O)/C(=N\O)c4csc(N)n4)[C@H]3SC2)cs1. The number of rotatable bonds is 9. The lowest BCUT2D eigenvalue weighted by Gasteiger charge is -2.49. The van der Waals surface area contributed by atoms with Crippen LogP contribution in [0.5, 0.6) is 0 Å². The van der Waals surface area contributed by atoms with Gasteiger partial charge in [-0.05, 0) is 12.7 Å². The van der Waals surface area contributed by atoms with Gasteiger partial charge in [0.1, 0.15) is 27.1 Å². The highest BCUT2D eigenvalue weighted by molar-refractivity contribution is 8.06. The molecule has 1 saturated heterocycles. The number of nitrogens with one attached hydrogen (secondary N) is 1. The monoisotopic (exact) mass is 558 g/mol. The van der Waals surface area contributed by atoms with E-state index in [1.165, 1.54) is 33.8 Å². The number of fused-ring (bicyclic) bond motifs is 1. The van der Waals surface area contributed by atoms with Crippen LogP contribution in [0.4, 0.5) is 5.13 Å². The lowest BCUT2D eigenvalue weighted by atomic mass is 10.0. The highest BCUT2D eigenvalue weighted by Crippen LogP contribution is 2.43. The molecule has 11 nitrogen and oxygen atoms in total. The number of carboxylic acids is 1. The van der Waals surface area contributed by atoms with Crippen molar-refractivity contribution in [2.75, 3.05) is 23.5 Å². The van der Waals surface area contributed by atoms with E-state index in [2.05, 4.69) is 20.4 Å². The van der Waals surface area contributed by atoms with Gasteiger partial charge in [-0.1, -0.05) is 16.9 Å². The maximum absolute atomic E-state index is 12.8. The van der Waals surface area contributed by atoms with Crippen LogP contribution in [0.15, 0.2) is 30.9 Å². The van der Waals surface area contributed by atoms with Crippen LogP contribution in [0, 0.1) is 0 Å². The molecule has 0 bridgehead atoms. The Morgan fingerprint density at radius 2 is 2.15 bits per heavy atom. The maximum Gasteiger partial charge on any atom is 0.353 e. The third-order valence-corrected chi connectivity index (χ3v) is 9.98. The quantitative estimate of drug-likeness (QED) is 0.116. The first-order valence-corrected chi connectivity index (χ1v) is 14.6. The molecule has 2 aromatic rings. The number of thiazole rings is 2. The second kappa shape index (κ2) is 10.6. The van der Waals surface area contributed by atoms with Gasteiger partial charge >= 0.3 is 5.97 Å². The standard InChI is InChI=1S/C18H18N6O5S5/c1-30-18-20-7(4-34-18)2-3-31-9-6-32-15-11(14(26)24(15)12(9)16(27)28)22-13(25)10(23-29)8-5-33-17(19)21-8/h4-5,11,15,29H,2-3,6H2,1H3,(H2,19,21)(H,22,25)(H,27,28)/b23-10-/t11-,15-/m1/s1. The summed E-state index contributed by atoms with van der Waals surface area (Å²) in [5, 5.41) is 27.6. The number of hydrogen-bond acceptors (Lipinski definition) is 13. The van der Waals surface area contributed by atoms with Crippen molar-refractivity contribution >= 4 is 86.6 Å². The fourth-order valence-corrected chi connectivity index (χ4v) is 7.77. The lowest BCUT2D eigenvalue weighted by molar-refractivity contribution is -0.150. The van der Waals surface area contributed by atoms with Crippen LogP contribution >= 0.6 is 58.0 Å². The molecular formula is C18H18N6O5S5. The normalized spacial score (nSPS) is 20.2. The fourth-order valence-electron chi connectivity index (χ4n) is 3.30. The molecule has 0 aromatic carbocycles. The summed E-state index contributed by atoms with van der Waals surface area (Å²) in [7, 11) is 0. The highest BCUT2D eigenvalue weighted by atomic mass is 32.2. The predicted octanol–water partition coefficient (Wildman–Crippen LogP) is 1.75. The number of hydrogen-bond donors (Lipinski definition) is 4. The molecule has 0 spiro atoms. The molecule has 2 aromatic heterocycles. The first-order chi connectivity index (χ1) is 16.3. The maximum atomic E-state index is 12.8. The van der Waals surface area contributed by atoms with Crippen molar-refractivity contribution in [1.82, 2.24) is 20.2 Å². The van der Waals surface area contributed by atoms with E-state index < -0.39 is 29.2 Å². The van der Waals surface area contributed by atoms with E-state index in [4.69, 9.17) is 5.73 Å². The Balaban J connectivity index is 1.42. The summed E-state index contributed by atoms with van der Waals surface area (Å²) < 4.78 is 0.980. The zero-order chi connectivity index (χ0) is 24.4. The summed E-state index contributed by atoms with van der Waals surface area (Å²) in [6, 6.07) is -0.953. The zero-order valence-corrected chi connectivity index (χ0v) is 21.5. The van der Waals surface area contributed by atoms with Crippen LogP contribution in [0.2, 0.25) is 0 Å². The number of carbonyl (C=O) groups excluding carboxylic acids is 2. The Bertz CT molecular complexity index is 1190. The number of β-lactam (4-membered cyclic amide) rings is 1. The second-order valence-corrected chi connectivity index (χ2v) is 12.0. The number of carboxylic acid groups (broad SMARTS) is 1. The zero-order valence-electron chi connectivity index (χ0n) is 17.5. The topological polar surface area (TPSA) is 171 Å². The van der Waals surface area contributed by atoms with Crippen LogP contribution in [0.25, 0.3) is 0 Å². The van der Waals surface area contributed by atoms with Crippen LogP contribution in [-0.2, 0) is 20.8 Å². The summed E-state index contributed by atoms with van der Waals surface area (Å²) in [5.74, 6) is -1.52. The van der Waals surface area contributed by atoms with Crippen LogP contribution in [0.1, 0.15) is 11.4 Å². The third-order valence-electron chi connectivity index (χ3n) is 4.84. The Morgan fingerprint density at radius 1 is 1.35 bits per heavy atom. The molecule has 2 aliphatic rings. The van der Waals surface area contributed by atoms with Crippen molar-refractivity contribution in [3.05, 3.63) is 32.8 Å². The Morgan fingerprint density at radius 3 is 2.76 bits per heavy atom. The van der Waals surface area contributed by atoms with Crippen LogP contribution < -0.4 is 11.1 Å².